The number of hydrogen-bond acceptors (Lipinski definition) is 2. The third kappa shape index (κ3) is 4.06. The smallest absolute Gasteiger partial charge is 0.129 e. The Morgan fingerprint density at radius 3 is 2.59 bits per heavy atom. The topological polar surface area (TPSA) is 32.3 Å². The van der Waals surface area contributed by atoms with Crippen molar-refractivity contribution in [2.75, 3.05) is 13.1 Å². The molecule has 0 spiro atoms. The summed E-state index contributed by atoms with van der Waals surface area (Å²) < 4.78 is 26.5. The van der Waals surface area contributed by atoms with E-state index in [4.69, 9.17) is 0 Å². The lowest BCUT2D eigenvalue weighted by molar-refractivity contribution is 0.0523. The highest BCUT2D eigenvalue weighted by Gasteiger charge is 2.26. The Labute approximate surface area is 101 Å². The van der Waals surface area contributed by atoms with Gasteiger partial charge in [0.05, 0.1) is 0 Å². The lowest BCUT2D eigenvalue weighted by Crippen LogP contribution is -2.37. The van der Waals surface area contributed by atoms with Crippen molar-refractivity contribution in [3.8, 4) is 0 Å². The highest BCUT2D eigenvalue weighted by molar-refractivity contribution is 5.25. The van der Waals surface area contributed by atoms with Crippen LogP contribution in [0.25, 0.3) is 0 Å². The fraction of sp³-hybridized carbons (Fsp3) is 0.538. The summed E-state index contributed by atoms with van der Waals surface area (Å²) in [5.41, 5.74) is -1.44. The summed E-state index contributed by atoms with van der Waals surface area (Å²) in [7, 11) is 0. The van der Waals surface area contributed by atoms with Crippen LogP contribution in [0.5, 0.6) is 0 Å². The summed E-state index contributed by atoms with van der Waals surface area (Å²) in [4.78, 5) is 0. The molecular weight excluding hydrogens is 224 g/mol. The first-order valence-corrected chi connectivity index (χ1v) is 5.71. The number of rotatable bonds is 5. The van der Waals surface area contributed by atoms with Crippen molar-refractivity contribution < 1.29 is 13.9 Å². The van der Waals surface area contributed by atoms with Crippen molar-refractivity contribution in [1.82, 2.24) is 5.32 Å². The van der Waals surface area contributed by atoms with Gasteiger partial charge < -0.3 is 10.4 Å². The molecule has 0 aromatic heterocycles. The van der Waals surface area contributed by atoms with E-state index in [9.17, 15) is 13.9 Å². The van der Waals surface area contributed by atoms with E-state index in [1.54, 1.807) is 0 Å². The van der Waals surface area contributed by atoms with E-state index < -0.39 is 17.2 Å². The predicted octanol–water partition coefficient (Wildman–Crippen LogP) is 2.42. The fourth-order valence-electron chi connectivity index (χ4n) is 1.61. The minimum absolute atomic E-state index is 0.0197. The Morgan fingerprint density at radius 2 is 2.00 bits per heavy atom. The van der Waals surface area contributed by atoms with E-state index in [0.717, 1.165) is 18.2 Å². The van der Waals surface area contributed by atoms with Crippen molar-refractivity contribution in [1.29, 1.82) is 0 Å². The van der Waals surface area contributed by atoms with Gasteiger partial charge in [-0.1, -0.05) is 13.8 Å². The van der Waals surface area contributed by atoms with Crippen molar-refractivity contribution in [3.63, 3.8) is 0 Å². The van der Waals surface area contributed by atoms with Crippen LogP contribution in [0.2, 0.25) is 0 Å². The van der Waals surface area contributed by atoms with Gasteiger partial charge in [0.2, 0.25) is 0 Å². The molecule has 0 fully saturated rings. The maximum Gasteiger partial charge on any atom is 0.129 e. The molecule has 1 aromatic carbocycles. The summed E-state index contributed by atoms with van der Waals surface area (Å²) in [5.74, 6) is -0.712. The van der Waals surface area contributed by atoms with Crippen LogP contribution >= 0.6 is 0 Å². The van der Waals surface area contributed by atoms with Gasteiger partial charge in [-0.05, 0) is 37.6 Å². The molecule has 17 heavy (non-hydrogen) atoms. The first-order chi connectivity index (χ1) is 7.83. The van der Waals surface area contributed by atoms with Gasteiger partial charge >= 0.3 is 0 Å². The molecule has 0 amide bonds. The largest absolute Gasteiger partial charge is 0.384 e. The third-order valence-corrected chi connectivity index (χ3v) is 2.53. The molecule has 2 N–H and O–H groups in total. The van der Waals surface area contributed by atoms with Crippen molar-refractivity contribution >= 4 is 0 Å². The predicted molar refractivity (Wildman–Crippen MR) is 63.6 cm³/mol. The van der Waals surface area contributed by atoms with E-state index in [1.807, 2.05) is 13.8 Å². The SMILES string of the molecule is CC(C)CNCC(C)(O)c1cc(F)ccc1F. The minimum atomic E-state index is -1.42. The van der Waals surface area contributed by atoms with Crippen LogP contribution in [-0.4, -0.2) is 18.2 Å². The second-order valence-electron chi connectivity index (χ2n) is 4.92. The van der Waals surface area contributed by atoms with E-state index in [2.05, 4.69) is 5.32 Å². The molecule has 4 heteroatoms. The quantitative estimate of drug-likeness (QED) is 0.832. The lowest BCUT2D eigenvalue weighted by Gasteiger charge is -2.25. The average Bonchev–Trinajstić information content (AvgIpc) is 2.20. The number of nitrogens with one attached hydrogen (secondary N) is 1. The highest BCUT2D eigenvalue weighted by atomic mass is 19.1. The Hall–Kier alpha value is -1.00. The number of halogens is 2. The molecule has 1 atom stereocenters. The van der Waals surface area contributed by atoms with Crippen LogP contribution in [-0.2, 0) is 5.60 Å². The molecule has 1 rings (SSSR count). The first-order valence-electron chi connectivity index (χ1n) is 5.71. The molecule has 1 unspecified atom stereocenters. The summed E-state index contributed by atoms with van der Waals surface area (Å²) in [5, 5.41) is 13.2. The number of benzene rings is 1. The maximum absolute atomic E-state index is 13.5. The van der Waals surface area contributed by atoms with Gasteiger partial charge in [0, 0.05) is 12.1 Å². The van der Waals surface area contributed by atoms with Crippen LogP contribution in [0.4, 0.5) is 8.78 Å². The Balaban J connectivity index is 2.77. The van der Waals surface area contributed by atoms with Crippen LogP contribution in [0.3, 0.4) is 0 Å². The van der Waals surface area contributed by atoms with Gasteiger partial charge in [-0.3, -0.25) is 0 Å². The Kier molecular flexibility index (Phi) is 4.60. The van der Waals surface area contributed by atoms with Gasteiger partial charge in [0.25, 0.3) is 0 Å². The van der Waals surface area contributed by atoms with E-state index in [0.29, 0.717) is 12.5 Å². The zero-order valence-electron chi connectivity index (χ0n) is 10.4. The standard InChI is InChI=1S/C13H19F2NO/c1-9(2)7-16-8-13(3,17)11-6-10(14)4-5-12(11)15/h4-6,9,16-17H,7-8H2,1-3H3. The second kappa shape index (κ2) is 5.56. The Bertz CT molecular complexity index is 378. The normalized spacial score (nSPS) is 15.0. The molecule has 0 saturated heterocycles. The second-order valence-corrected chi connectivity index (χ2v) is 4.92. The van der Waals surface area contributed by atoms with Gasteiger partial charge in [-0.15, -0.1) is 0 Å². The van der Waals surface area contributed by atoms with Gasteiger partial charge in [-0.2, -0.15) is 0 Å². The Morgan fingerprint density at radius 1 is 1.35 bits per heavy atom. The molecule has 2 nitrogen and oxygen atoms in total. The van der Waals surface area contributed by atoms with Crippen LogP contribution in [0.15, 0.2) is 18.2 Å². The van der Waals surface area contributed by atoms with Crippen molar-refractivity contribution in [3.05, 3.63) is 35.4 Å². The van der Waals surface area contributed by atoms with Crippen LogP contribution in [0, 0.1) is 17.6 Å². The van der Waals surface area contributed by atoms with E-state index in [1.165, 1.54) is 6.92 Å². The maximum atomic E-state index is 13.5. The van der Waals surface area contributed by atoms with Gasteiger partial charge in [0.1, 0.15) is 17.2 Å². The zero-order valence-corrected chi connectivity index (χ0v) is 10.4. The summed E-state index contributed by atoms with van der Waals surface area (Å²) in [6.45, 7) is 6.44. The molecular formula is C13H19F2NO. The lowest BCUT2D eigenvalue weighted by atomic mass is 9.95. The van der Waals surface area contributed by atoms with Crippen LogP contribution in [0.1, 0.15) is 26.3 Å². The minimum Gasteiger partial charge on any atom is -0.384 e. The fourth-order valence-corrected chi connectivity index (χ4v) is 1.61. The molecule has 0 radical (unpaired) electrons. The number of hydrogen-bond donors (Lipinski definition) is 2. The molecule has 0 saturated carbocycles. The molecule has 0 aliphatic heterocycles. The van der Waals surface area contributed by atoms with E-state index >= 15 is 0 Å². The first kappa shape index (κ1) is 14.1. The average molecular weight is 243 g/mol. The molecule has 0 bridgehead atoms. The molecule has 1 aromatic rings. The summed E-state index contributed by atoms with van der Waals surface area (Å²) in [6.07, 6.45) is 0. The molecule has 0 aliphatic rings. The summed E-state index contributed by atoms with van der Waals surface area (Å²) in [6, 6.07) is 3.10. The van der Waals surface area contributed by atoms with Gasteiger partial charge in [-0.25, -0.2) is 8.78 Å². The monoisotopic (exact) mass is 243 g/mol. The van der Waals surface area contributed by atoms with Crippen molar-refractivity contribution in [2.24, 2.45) is 5.92 Å². The van der Waals surface area contributed by atoms with Crippen LogP contribution < -0.4 is 5.32 Å². The molecule has 96 valence electrons. The molecule has 0 heterocycles. The van der Waals surface area contributed by atoms with Crippen molar-refractivity contribution in [2.45, 2.75) is 26.4 Å². The summed E-state index contributed by atoms with van der Waals surface area (Å²) >= 11 is 0. The highest BCUT2D eigenvalue weighted by Crippen LogP contribution is 2.23. The van der Waals surface area contributed by atoms with E-state index in [-0.39, 0.29) is 12.1 Å². The third-order valence-electron chi connectivity index (χ3n) is 2.53. The van der Waals surface area contributed by atoms with Gasteiger partial charge in [0.15, 0.2) is 0 Å². The molecule has 0 aliphatic carbocycles. The zero-order chi connectivity index (χ0) is 13.1. The number of aliphatic hydroxyl groups is 1.